The van der Waals surface area contributed by atoms with Crippen molar-refractivity contribution in [1.82, 2.24) is 14.7 Å². The van der Waals surface area contributed by atoms with Gasteiger partial charge in [0.15, 0.2) is 0 Å². The Morgan fingerprint density at radius 2 is 1.70 bits per heavy atom. The molecule has 2 aromatic carbocycles. The molecule has 0 spiro atoms. The topological polar surface area (TPSA) is 64.2 Å². The molecule has 40 heavy (non-hydrogen) atoms. The Labute approximate surface area is 241 Å². The van der Waals surface area contributed by atoms with E-state index in [1.165, 1.54) is 0 Å². The Kier molecular flexibility index (Phi) is 8.66. The van der Waals surface area contributed by atoms with Gasteiger partial charge >= 0.3 is 0 Å². The molecule has 3 aromatic rings. The van der Waals surface area contributed by atoms with E-state index in [1.54, 1.807) is 24.3 Å². The van der Waals surface area contributed by atoms with Gasteiger partial charge in [0, 0.05) is 56.8 Å². The number of amides is 3. The zero-order chi connectivity index (χ0) is 28.2. The predicted octanol–water partition coefficient (Wildman–Crippen LogP) is 5.26. The van der Waals surface area contributed by atoms with Crippen LogP contribution in [0.5, 0.6) is 0 Å². The minimum atomic E-state index is -0.143. The Hall–Kier alpha value is -3.49. The van der Waals surface area contributed by atoms with E-state index in [4.69, 9.17) is 0 Å². The van der Waals surface area contributed by atoms with Gasteiger partial charge in [0.25, 0.3) is 11.8 Å². The van der Waals surface area contributed by atoms with E-state index in [2.05, 4.69) is 18.7 Å². The van der Waals surface area contributed by atoms with Gasteiger partial charge in [-0.1, -0.05) is 50.2 Å². The summed E-state index contributed by atoms with van der Waals surface area (Å²) in [7, 11) is 0. The van der Waals surface area contributed by atoms with Crippen LogP contribution in [0.2, 0.25) is 0 Å². The van der Waals surface area contributed by atoms with Crippen molar-refractivity contribution in [1.29, 1.82) is 0 Å². The van der Waals surface area contributed by atoms with Crippen LogP contribution >= 0.6 is 11.3 Å². The van der Waals surface area contributed by atoms with Gasteiger partial charge in [0.1, 0.15) is 0 Å². The van der Waals surface area contributed by atoms with Gasteiger partial charge in [-0.2, -0.15) is 0 Å². The molecule has 0 saturated heterocycles. The number of anilines is 1. The number of benzene rings is 2. The molecular formula is C32H38N4O3S. The smallest absolute Gasteiger partial charge is 0.255 e. The molecule has 2 aliphatic rings. The van der Waals surface area contributed by atoms with Gasteiger partial charge in [0.05, 0.1) is 17.7 Å². The van der Waals surface area contributed by atoms with Crippen LogP contribution in [0.1, 0.15) is 63.9 Å². The number of nitrogens with zero attached hydrogens (tertiary/aromatic N) is 4. The van der Waals surface area contributed by atoms with Crippen LogP contribution in [0.25, 0.3) is 0 Å². The number of thiophene rings is 1. The lowest BCUT2D eigenvalue weighted by Gasteiger charge is -2.29. The van der Waals surface area contributed by atoms with E-state index in [1.807, 2.05) is 68.6 Å². The van der Waals surface area contributed by atoms with E-state index in [0.717, 1.165) is 47.7 Å². The fourth-order valence-electron chi connectivity index (χ4n) is 5.83. The van der Waals surface area contributed by atoms with E-state index in [0.29, 0.717) is 49.8 Å². The number of carbonyl (C=O) groups is 3. The third kappa shape index (κ3) is 6.13. The van der Waals surface area contributed by atoms with Crippen LogP contribution < -0.4 is 4.90 Å². The maximum Gasteiger partial charge on any atom is 0.255 e. The maximum atomic E-state index is 14.3. The van der Waals surface area contributed by atoms with Gasteiger partial charge in [-0.3, -0.25) is 14.4 Å². The number of hydrogen-bond acceptors (Lipinski definition) is 5. The van der Waals surface area contributed by atoms with Crippen molar-refractivity contribution in [2.24, 2.45) is 5.92 Å². The molecule has 0 fully saturated rings. The minimum absolute atomic E-state index is 0.00251. The molecule has 0 N–H and O–H groups in total. The minimum Gasteiger partial charge on any atom is -0.333 e. The summed E-state index contributed by atoms with van der Waals surface area (Å²) in [6.07, 6.45) is 0.856. The first-order chi connectivity index (χ1) is 19.3. The highest BCUT2D eigenvalue weighted by atomic mass is 32.1. The zero-order valence-corrected chi connectivity index (χ0v) is 24.5. The monoisotopic (exact) mass is 558 g/mol. The Balaban J connectivity index is 1.48. The van der Waals surface area contributed by atoms with E-state index >= 15 is 0 Å². The maximum absolute atomic E-state index is 14.3. The number of fused-ring (bicyclic) bond motifs is 2. The van der Waals surface area contributed by atoms with Gasteiger partial charge in [-0.25, -0.2) is 0 Å². The van der Waals surface area contributed by atoms with Crippen LogP contribution in [-0.4, -0.2) is 65.1 Å². The lowest BCUT2D eigenvalue weighted by molar-refractivity contribution is -0.116. The summed E-state index contributed by atoms with van der Waals surface area (Å²) in [5.41, 5.74) is 3.66. The first-order valence-electron chi connectivity index (χ1n) is 14.1. The van der Waals surface area contributed by atoms with E-state index in [9.17, 15) is 14.4 Å². The van der Waals surface area contributed by atoms with Gasteiger partial charge < -0.3 is 19.6 Å². The molecule has 0 atom stereocenters. The van der Waals surface area contributed by atoms with Crippen LogP contribution in [-0.2, 0) is 24.4 Å². The molecule has 0 bridgehead atoms. The summed E-state index contributed by atoms with van der Waals surface area (Å²) in [5.74, 6) is 0.253. The molecule has 2 aliphatic heterocycles. The average molecular weight is 559 g/mol. The van der Waals surface area contributed by atoms with Crippen molar-refractivity contribution in [2.75, 3.05) is 37.6 Å². The van der Waals surface area contributed by atoms with Crippen LogP contribution in [0, 0.1) is 5.92 Å². The summed E-state index contributed by atoms with van der Waals surface area (Å²) in [6.45, 7) is 11.1. The van der Waals surface area contributed by atoms with Crippen molar-refractivity contribution in [3.63, 3.8) is 0 Å². The number of para-hydroxylation sites is 1. The molecule has 210 valence electrons. The number of hydrogen-bond donors (Lipinski definition) is 0. The van der Waals surface area contributed by atoms with Crippen molar-refractivity contribution < 1.29 is 14.4 Å². The normalized spacial score (nSPS) is 16.6. The zero-order valence-electron chi connectivity index (χ0n) is 23.6. The molecule has 5 rings (SSSR count). The van der Waals surface area contributed by atoms with Crippen molar-refractivity contribution in [3.8, 4) is 0 Å². The highest BCUT2D eigenvalue weighted by Crippen LogP contribution is 2.30. The third-order valence-electron chi connectivity index (χ3n) is 7.65. The highest BCUT2D eigenvalue weighted by Gasteiger charge is 2.33. The van der Waals surface area contributed by atoms with Crippen molar-refractivity contribution >= 4 is 34.7 Å². The lowest BCUT2D eigenvalue weighted by Crippen LogP contribution is -2.40. The largest absolute Gasteiger partial charge is 0.333 e. The predicted molar refractivity (Wildman–Crippen MR) is 159 cm³/mol. The van der Waals surface area contributed by atoms with E-state index < -0.39 is 0 Å². The van der Waals surface area contributed by atoms with Gasteiger partial charge in [0.2, 0.25) is 5.91 Å². The molecule has 0 unspecified atom stereocenters. The molecule has 1 aromatic heterocycles. The van der Waals surface area contributed by atoms with Crippen molar-refractivity contribution in [3.05, 3.63) is 87.1 Å². The SMILES string of the molecule is CC(=O)N1CCCN(CC(C)C)CCN(C(=O)c2cccc3c2C(=O)N(Cc2cccs2)C3)Cc2ccccc21. The third-order valence-corrected chi connectivity index (χ3v) is 8.51. The van der Waals surface area contributed by atoms with E-state index in [-0.39, 0.29) is 17.7 Å². The second kappa shape index (κ2) is 12.4. The highest BCUT2D eigenvalue weighted by molar-refractivity contribution is 7.09. The molecule has 7 nitrogen and oxygen atoms in total. The number of carbonyl (C=O) groups excluding carboxylic acids is 3. The standard InChI is InChI=1S/C32H38N4O3S/c1-23(2)19-33-14-8-15-36(24(3)37)29-13-5-4-9-25(29)20-34(17-16-33)31(38)28-12-6-10-26-21-35(32(39)30(26)28)22-27-11-7-18-40-27/h4-7,9-13,18,23H,8,14-17,19-22H2,1-3H3. The second-order valence-corrected chi connectivity index (χ2v) is 12.2. The van der Waals surface area contributed by atoms with Crippen LogP contribution in [0.15, 0.2) is 60.0 Å². The Morgan fingerprint density at radius 1 is 0.900 bits per heavy atom. The van der Waals surface area contributed by atoms with Gasteiger partial charge in [-0.15, -0.1) is 11.3 Å². The molecule has 0 saturated carbocycles. The van der Waals surface area contributed by atoms with Gasteiger partial charge in [-0.05, 0) is 53.6 Å². The quantitative estimate of drug-likeness (QED) is 0.429. The molecule has 0 radical (unpaired) electrons. The first-order valence-corrected chi connectivity index (χ1v) is 15.0. The average Bonchev–Trinajstić information content (AvgIpc) is 3.55. The summed E-state index contributed by atoms with van der Waals surface area (Å²) < 4.78 is 0. The fourth-order valence-corrected chi connectivity index (χ4v) is 6.55. The van der Waals surface area contributed by atoms with Crippen molar-refractivity contribution in [2.45, 2.75) is 46.8 Å². The second-order valence-electron chi connectivity index (χ2n) is 11.2. The van der Waals surface area contributed by atoms with Crippen LogP contribution in [0.3, 0.4) is 0 Å². The lowest BCUT2D eigenvalue weighted by atomic mass is 10.0. The summed E-state index contributed by atoms with van der Waals surface area (Å²) in [4.78, 5) is 49.6. The first kappa shape index (κ1) is 28.1. The summed E-state index contributed by atoms with van der Waals surface area (Å²) in [5, 5.41) is 2.01. The molecular weight excluding hydrogens is 520 g/mol. The Bertz CT molecular complexity index is 1370. The van der Waals surface area contributed by atoms with Crippen LogP contribution in [0.4, 0.5) is 5.69 Å². The fraction of sp³-hybridized carbons (Fsp3) is 0.406. The molecule has 8 heteroatoms. The number of rotatable bonds is 5. The molecule has 3 heterocycles. The summed E-state index contributed by atoms with van der Waals surface area (Å²) >= 11 is 1.63. The summed E-state index contributed by atoms with van der Waals surface area (Å²) in [6, 6.07) is 17.5. The molecule has 0 aliphatic carbocycles. The molecule has 3 amide bonds. The Morgan fingerprint density at radius 3 is 2.45 bits per heavy atom.